The van der Waals surface area contributed by atoms with E-state index in [2.05, 4.69) is 51.0 Å². The molecule has 2 aliphatic rings. The molecular formula is C27H34N2O4Si. The largest absolute Gasteiger partial charge is 0.530 e. The van der Waals surface area contributed by atoms with Crippen LogP contribution in [0.3, 0.4) is 0 Å². The molecule has 1 fully saturated rings. The van der Waals surface area contributed by atoms with E-state index in [-0.39, 0.29) is 23.0 Å². The lowest BCUT2D eigenvalue weighted by Crippen LogP contribution is -2.51. The molecule has 2 aromatic carbocycles. The summed E-state index contributed by atoms with van der Waals surface area (Å²) in [4.78, 5) is 26.6. The van der Waals surface area contributed by atoms with Crippen LogP contribution in [0.15, 0.2) is 72.1 Å². The van der Waals surface area contributed by atoms with Crippen molar-refractivity contribution in [3.8, 4) is 0 Å². The van der Waals surface area contributed by atoms with E-state index >= 15 is 0 Å². The second kappa shape index (κ2) is 9.04. The molecule has 7 heteroatoms. The van der Waals surface area contributed by atoms with E-state index in [4.69, 9.17) is 9.16 Å². The highest BCUT2D eigenvalue weighted by atomic mass is 28.4. The third-order valence-corrected chi connectivity index (χ3v) is 11.6. The molecule has 0 radical (unpaired) electrons. The van der Waals surface area contributed by atoms with Crippen molar-refractivity contribution in [3.63, 3.8) is 0 Å². The minimum absolute atomic E-state index is 0.0791. The van der Waals surface area contributed by atoms with Crippen molar-refractivity contribution in [3.05, 3.63) is 83.2 Å². The van der Waals surface area contributed by atoms with E-state index in [1.807, 2.05) is 48.5 Å². The van der Waals surface area contributed by atoms with Gasteiger partial charge in [0.1, 0.15) is 0 Å². The summed E-state index contributed by atoms with van der Waals surface area (Å²) in [5, 5.41) is 3.64. The molecule has 1 saturated heterocycles. The van der Waals surface area contributed by atoms with Gasteiger partial charge in [-0.1, -0.05) is 81.4 Å². The first-order valence-electron chi connectivity index (χ1n) is 11.8. The van der Waals surface area contributed by atoms with Gasteiger partial charge < -0.3 is 9.16 Å². The number of fused-ring (bicyclic) bond motifs is 1. The van der Waals surface area contributed by atoms with Gasteiger partial charge in [-0.25, -0.2) is 9.80 Å². The lowest BCUT2D eigenvalue weighted by molar-refractivity contribution is -0.148. The minimum atomic E-state index is -2.37. The van der Waals surface area contributed by atoms with Crippen LogP contribution < -0.4 is 0 Å². The molecule has 0 unspecified atom stereocenters. The van der Waals surface area contributed by atoms with Gasteiger partial charge >= 0.3 is 5.97 Å². The van der Waals surface area contributed by atoms with Crippen LogP contribution in [0.4, 0.5) is 0 Å². The Kier molecular flexibility index (Phi) is 6.44. The number of carbonyl (C=O) groups is 2. The Morgan fingerprint density at radius 3 is 1.88 bits per heavy atom. The predicted molar refractivity (Wildman–Crippen MR) is 134 cm³/mol. The van der Waals surface area contributed by atoms with E-state index < -0.39 is 14.3 Å². The Labute approximate surface area is 203 Å². The lowest BCUT2D eigenvalue weighted by atomic mass is 9.94. The number of esters is 1. The molecule has 34 heavy (non-hydrogen) atoms. The summed E-state index contributed by atoms with van der Waals surface area (Å²) >= 11 is 0. The first-order valence-corrected chi connectivity index (χ1v) is 14.7. The second-order valence-corrected chi connectivity index (χ2v) is 15.2. The lowest BCUT2D eigenvalue weighted by Gasteiger charge is -2.46. The SMILES string of the molecule is COC(=O)C1=C(O[Si](C)(C)C(C)(C)C)N2C(=O)C[C@H](c3ccccc3)N2[C@H](c2ccccc2)C1. The van der Waals surface area contributed by atoms with Crippen LogP contribution in [-0.4, -0.2) is 37.3 Å². The van der Waals surface area contributed by atoms with Gasteiger partial charge in [0.2, 0.25) is 11.8 Å². The average molecular weight is 479 g/mol. The number of rotatable bonds is 5. The van der Waals surface area contributed by atoms with Gasteiger partial charge in [0, 0.05) is 6.42 Å². The highest BCUT2D eigenvalue weighted by molar-refractivity contribution is 6.74. The summed E-state index contributed by atoms with van der Waals surface area (Å²) < 4.78 is 11.9. The second-order valence-electron chi connectivity index (χ2n) is 10.5. The number of benzene rings is 2. The van der Waals surface area contributed by atoms with Crippen molar-refractivity contribution in [2.75, 3.05) is 7.11 Å². The minimum Gasteiger partial charge on any atom is -0.530 e. The molecule has 0 N–H and O–H groups in total. The smallest absolute Gasteiger partial charge is 0.339 e. The van der Waals surface area contributed by atoms with Gasteiger partial charge in [-0.2, -0.15) is 5.01 Å². The molecule has 4 rings (SSSR count). The molecule has 6 nitrogen and oxygen atoms in total. The fourth-order valence-electron chi connectivity index (χ4n) is 4.38. The van der Waals surface area contributed by atoms with Crippen LogP contribution in [-0.2, 0) is 18.8 Å². The van der Waals surface area contributed by atoms with Gasteiger partial charge in [0.15, 0.2) is 0 Å². The van der Waals surface area contributed by atoms with Crippen molar-refractivity contribution in [2.24, 2.45) is 0 Å². The Morgan fingerprint density at radius 1 is 0.912 bits per heavy atom. The number of hydrazine groups is 1. The highest BCUT2D eigenvalue weighted by Crippen LogP contribution is 2.50. The summed E-state index contributed by atoms with van der Waals surface area (Å²) in [6.45, 7) is 10.7. The summed E-state index contributed by atoms with van der Waals surface area (Å²) in [5.41, 5.74) is 2.52. The number of ether oxygens (including phenoxy) is 1. The maximum absolute atomic E-state index is 13.6. The van der Waals surface area contributed by atoms with Gasteiger partial charge in [0.25, 0.3) is 8.32 Å². The predicted octanol–water partition coefficient (Wildman–Crippen LogP) is 5.73. The van der Waals surface area contributed by atoms with Gasteiger partial charge in [-0.3, -0.25) is 4.79 Å². The maximum atomic E-state index is 13.6. The van der Waals surface area contributed by atoms with Crippen molar-refractivity contribution in [2.45, 2.75) is 63.8 Å². The Morgan fingerprint density at radius 2 is 1.41 bits per heavy atom. The Balaban J connectivity index is 1.90. The normalized spacial score (nSPS) is 21.5. The molecule has 0 saturated carbocycles. The summed E-state index contributed by atoms with van der Waals surface area (Å²) in [7, 11) is -0.994. The van der Waals surface area contributed by atoms with E-state index in [9.17, 15) is 9.59 Å². The number of nitrogens with zero attached hydrogens (tertiary/aromatic N) is 2. The number of methoxy groups -OCH3 is 1. The zero-order chi connectivity index (χ0) is 24.7. The first-order chi connectivity index (χ1) is 16.0. The van der Waals surface area contributed by atoms with Gasteiger partial charge in [-0.05, 0) is 29.3 Å². The molecule has 0 spiro atoms. The third kappa shape index (κ3) is 4.30. The molecule has 2 aromatic rings. The molecule has 2 aliphatic heterocycles. The summed E-state index contributed by atoms with van der Waals surface area (Å²) in [6.07, 6.45) is 0.708. The van der Waals surface area contributed by atoms with Gasteiger partial charge in [0.05, 0.1) is 31.2 Å². The van der Waals surface area contributed by atoms with Crippen molar-refractivity contribution >= 4 is 20.2 Å². The number of carbonyl (C=O) groups excluding carboxylic acids is 2. The van der Waals surface area contributed by atoms with E-state index in [1.165, 1.54) is 7.11 Å². The highest BCUT2D eigenvalue weighted by Gasteiger charge is 2.52. The van der Waals surface area contributed by atoms with Crippen molar-refractivity contribution in [1.29, 1.82) is 0 Å². The molecular weight excluding hydrogens is 444 g/mol. The van der Waals surface area contributed by atoms with Crippen molar-refractivity contribution < 1.29 is 18.8 Å². The number of hydrogen-bond donors (Lipinski definition) is 0. The van der Waals surface area contributed by atoms with Crippen LogP contribution in [0.1, 0.15) is 56.8 Å². The Hall–Kier alpha value is -2.90. The molecule has 2 atom stereocenters. The third-order valence-electron chi connectivity index (χ3n) is 7.28. The first kappa shape index (κ1) is 24.2. The van der Waals surface area contributed by atoms with Crippen molar-refractivity contribution in [1.82, 2.24) is 10.0 Å². The topological polar surface area (TPSA) is 59.1 Å². The molecule has 2 heterocycles. The van der Waals surface area contributed by atoms with E-state index in [1.54, 1.807) is 5.01 Å². The average Bonchev–Trinajstić information content (AvgIpc) is 3.16. The summed E-state index contributed by atoms with van der Waals surface area (Å²) in [6, 6.07) is 19.7. The number of amides is 1. The quantitative estimate of drug-likeness (QED) is 0.406. The zero-order valence-corrected chi connectivity index (χ0v) is 21.9. The van der Waals surface area contributed by atoms with Crippen LogP contribution in [0, 0.1) is 0 Å². The number of hydrogen-bond acceptors (Lipinski definition) is 5. The molecule has 0 aliphatic carbocycles. The fourth-order valence-corrected chi connectivity index (χ4v) is 5.37. The fraction of sp³-hybridized carbons (Fsp3) is 0.407. The Bertz CT molecular complexity index is 1090. The maximum Gasteiger partial charge on any atom is 0.339 e. The molecule has 180 valence electrons. The molecule has 0 aromatic heterocycles. The molecule has 1 amide bonds. The standard InChI is InChI=1S/C27H34N2O4Si/c1-27(2,3)34(5,6)33-25-21(26(31)32-4)17-22(19-13-9-7-10-14-19)28-23(18-24(30)29(25)28)20-15-11-8-12-16-20/h7-16,22-23H,17-18H2,1-6H3/t22-,23+/m0/s1. The zero-order valence-electron chi connectivity index (χ0n) is 20.9. The summed E-state index contributed by atoms with van der Waals surface area (Å²) in [5.74, 6) is -0.191. The van der Waals surface area contributed by atoms with Crippen LogP contribution >= 0.6 is 0 Å². The van der Waals surface area contributed by atoms with Crippen LogP contribution in [0.25, 0.3) is 0 Å². The van der Waals surface area contributed by atoms with Crippen LogP contribution in [0.5, 0.6) is 0 Å². The van der Waals surface area contributed by atoms with Gasteiger partial charge in [-0.15, -0.1) is 0 Å². The van der Waals surface area contributed by atoms with E-state index in [0.29, 0.717) is 24.3 Å². The molecule has 0 bridgehead atoms. The van der Waals surface area contributed by atoms with Crippen LogP contribution in [0.2, 0.25) is 18.1 Å². The monoisotopic (exact) mass is 478 g/mol. The van der Waals surface area contributed by atoms with E-state index in [0.717, 1.165) is 11.1 Å².